The maximum Gasteiger partial charge on any atom is 0.277 e. The molecule has 1 heterocycles. The number of fused-ring (bicyclic) bond motifs is 2. The van der Waals surface area contributed by atoms with Gasteiger partial charge in [0.25, 0.3) is 11.1 Å². The standard InChI is InChI=1S/C20H25N3O3S/c1-12-5-13(2)7-16(6-12)25-10-19-22-23-20(26-19)27-11-18(24)21-17-9-14-3-4-15(17)8-14/h5-7,14-15,17H,3-4,8-11H2,1-2H3,(H,21,24)/t14-,15+,17+/m0/s1. The maximum atomic E-state index is 12.2. The zero-order chi connectivity index (χ0) is 18.8. The molecule has 144 valence electrons. The molecule has 7 heteroatoms. The summed E-state index contributed by atoms with van der Waals surface area (Å²) in [5.41, 5.74) is 2.29. The van der Waals surface area contributed by atoms with Gasteiger partial charge in [-0.15, -0.1) is 10.2 Å². The average molecular weight is 388 g/mol. The summed E-state index contributed by atoms with van der Waals surface area (Å²) < 4.78 is 11.3. The highest BCUT2D eigenvalue weighted by atomic mass is 32.2. The Morgan fingerprint density at radius 1 is 1.22 bits per heavy atom. The predicted octanol–water partition coefficient (Wildman–Crippen LogP) is 3.66. The van der Waals surface area contributed by atoms with E-state index in [1.54, 1.807) is 0 Å². The van der Waals surface area contributed by atoms with Crippen molar-refractivity contribution < 1.29 is 13.9 Å². The third-order valence-electron chi connectivity index (χ3n) is 5.42. The highest BCUT2D eigenvalue weighted by Crippen LogP contribution is 2.44. The van der Waals surface area contributed by atoms with Crippen LogP contribution in [0.1, 0.15) is 42.7 Å². The van der Waals surface area contributed by atoms with Crippen LogP contribution in [0.25, 0.3) is 0 Å². The van der Waals surface area contributed by atoms with Crippen LogP contribution in [0.15, 0.2) is 27.8 Å². The van der Waals surface area contributed by atoms with E-state index >= 15 is 0 Å². The fourth-order valence-corrected chi connectivity index (χ4v) is 4.90. The summed E-state index contributed by atoms with van der Waals surface area (Å²) in [5.74, 6) is 3.04. The first-order valence-corrected chi connectivity index (χ1v) is 10.5. The lowest BCUT2D eigenvalue weighted by molar-refractivity contribution is -0.119. The van der Waals surface area contributed by atoms with E-state index in [9.17, 15) is 4.79 Å². The molecule has 27 heavy (non-hydrogen) atoms. The van der Waals surface area contributed by atoms with Gasteiger partial charge in [-0.3, -0.25) is 4.79 Å². The summed E-state index contributed by atoms with van der Waals surface area (Å²) in [6.07, 6.45) is 5.02. The molecular weight excluding hydrogens is 362 g/mol. The topological polar surface area (TPSA) is 77.2 Å². The fourth-order valence-electron chi connectivity index (χ4n) is 4.31. The van der Waals surface area contributed by atoms with Crippen molar-refractivity contribution in [3.8, 4) is 5.75 Å². The Hall–Kier alpha value is -2.02. The first-order chi connectivity index (χ1) is 13.0. The number of amides is 1. The molecule has 1 amide bonds. The molecule has 3 atom stereocenters. The van der Waals surface area contributed by atoms with Crippen LogP contribution in [0.2, 0.25) is 0 Å². The zero-order valence-electron chi connectivity index (χ0n) is 15.7. The number of benzene rings is 1. The minimum absolute atomic E-state index is 0.0452. The van der Waals surface area contributed by atoms with Crippen LogP contribution < -0.4 is 10.1 Å². The van der Waals surface area contributed by atoms with Gasteiger partial charge >= 0.3 is 0 Å². The average Bonchev–Trinajstić information content (AvgIpc) is 3.34. The van der Waals surface area contributed by atoms with Gasteiger partial charge in [-0.25, -0.2) is 0 Å². The number of hydrogen-bond acceptors (Lipinski definition) is 6. The van der Waals surface area contributed by atoms with Gasteiger partial charge in [0.15, 0.2) is 6.61 Å². The van der Waals surface area contributed by atoms with Crippen molar-refractivity contribution in [2.75, 3.05) is 5.75 Å². The predicted molar refractivity (Wildman–Crippen MR) is 103 cm³/mol. The number of nitrogens with zero attached hydrogens (tertiary/aromatic N) is 2. The molecule has 2 aliphatic carbocycles. The van der Waals surface area contributed by atoms with Crippen LogP contribution in [-0.2, 0) is 11.4 Å². The second-order valence-corrected chi connectivity index (χ2v) is 8.64. The Morgan fingerprint density at radius 3 is 2.74 bits per heavy atom. The van der Waals surface area contributed by atoms with E-state index in [0.717, 1.165) is 29.2 Å². The Kier molecular flexibility index (Phi) is 5.38. The zero-order valence-corrected chi connectivity index (χ0v) is 16.6. The number of carbonyl (C=O) groups excluding carboxylic acids is 1. The number of ether oxygens (including phenoxy) is 1. The lowest BCUT2D eigenvalue weighted by atomic mass is 9.95. The number of thioether (sulfide) groups is 1. The Bertz CT molecular complexity index is 802. The Morgan fingerprint density at radius 2 is 2.04 bits per heavy atom. The van der Waals surface area contributed by atoms with E-state index in [1.807, 2.05) is 26.0 Å². The van der Waals surface area contributed by atoms with Crippen LogP contribution in [0.3, 0.4) is 0 Å². The molecule has 2 aliphatic rings. The van der Waals surface area contributed by atoms with Crippen LogP contribution in [-0.4, -0.2) is 27.9 Å². The van der Waals surface area contributed by atoms with Crippen molar-refractivity contribution in [2.24, 2.45) is 11.8 Å². The molecule has 2 fully saturated rings. The van der Waals surface area contributed by atoms with Gasteiger partial charge in [-0.05, 0) is 68.2 Å². The van der Waals surface area contributed by atoms with Gasteiger partial charge in [0.05, 0.1) is 5.75 Å². The second-order valence-electron chi connectivity index (χ2n) is 7.71. The number of hydrogen-bond donors (Lipinski definition) is 1. The Balaban J connectivity index is 1.22. The molecule has 2 bridgehead atoms. The number of aromatic nitrogens is 2. The normalized spacial score (nSPS) is 23.6. The minimum Gasteiger partial charge on any atom is -0.484 e. The minimum atomic E-state index is 0.0452. The van der Waals surface area contributed by atoms with Crippen LogP contribution >= 0.6 is 11.8 Å². The first kappa shape index (κ1) is 18.3. The molecular formula is C20H25N3O3S. The highest BCUT2D eigenvalue weighted by molar-refractivity contribution is 7.99. The van der Waals surface area contributed by atoms with Crippen molar-refractivity contribution >= 4 is 17.7 Å². The van der Waals surface area contributed by atoms with E-state index < -0.39 is 0 Å². The maximum absolute atomic E-state index is 12.2. The first-order valence-electron chi connectivity index (χ1n) is 9.51. The van der Waals surface area contributed by atoms with Gasteiger partial charge in [0.1, 0.15) is 5.75 Å². The Labute approximate surface area is 163 Å². The smallest absolute Gasteiger partial charge is 0.277 e. The van der Waals surface area contributed by atoms with Crippen molar-refractivity contribution in [1.82, 2.24) is 15.5 Å². The van der Waals surface area contributed by atoms with Crippen LogP contribution in [0, 0.1) is 25.7 Å². The number of carbonyl (C=O) groups is 1. The van der Waals surface area contributed by atoms with E-state index in [2.05, 4.69) is 21.6 Å². The molecule has 4 rings (SSSR count). The lowest BCUT2D eigenvalue weighted by Gasteiger charge is -2.22. The molecule has 6 nitrogen and oxygen atoms in total. The van der Waals surface area contributed by atoms with Gasteiger partial charge in [0, 0.05) is 6.04 Å². The number of aryl methyl sites for hydroxylation is 2. The summed E-state index contributed by atoms with van der Waals surface area (Å²) in [7, 11) is 0. The molecule has 1 aromatic carbocycles. The van der Waals surface area contributed by atoms with Gasteiger partial charge in [0.2, 0.25) is 5.91 Å². The molecule has 0 aliphatic heterocycles. The van der Waals surface area contributed by atoms with Gasteiger partial charge < -0.3 is 14.5 Å². The molecule has 0 saturated heterocycles. The molecule has 0 radical (unpaired) electrons. The monoisotopic (exact) mass is 387 g/mol. The summed E-state index contributed by atoms with van der Waals surface area (Å²) in [6.45, 7) is 4.28. The third-order valence-corrected chi connectivity index (χ3v) is 6.24. The van der Waals surface area contributed by atoms with Gasteiger partial charge in [-0.1, -0.05) is 24.2 Å². The summed E-state index contributed by atoms with van der Waals surface area (Å²) in [4.78, 5) is 12.2. The van der Waals surface area contributed by atoms with Crippen molar-refractivity contribution in [3.05, 3.63) is 35.2 Å². The molecule has 2 saturated carbocycles. The van der Waals surface area contributed by atoms with Crippen molar-refractivity contribution in [2.45, 2.75) is 57.4 Å². The quantitative estimate of drug-likeness (QED) is 0.731. The van der Waals surface area contributed by atoms with Crippen molar-refractivity contribution in [3.63, 3.8) is 0 Å². The largest absolute Gasteiger partial charge is 0.484 e. The van der Waals surface area contributed by atoms with E-state index in [-0.39, 0.29) is 12.5 Å². The van der Waals surface area contributed by atoms with Crippen molar-refractivity contribution in [1.29, 1.82) is 0 Å². The van der Waals surface area contributed by atoms with Crippen LogP contribution in [0.4, 0.5) is 0 Å². The SMILES string of the molecule is Cc1cc(C)cc(OCc2nnc(SCC(=O)N[C@@H]3C[C@H]4CC[C@@H]3C4)o2)c1. The fraction of sp³-hybridized carbons (Fsp3) is 0.550. The molecule has 2 aromatic rings. The highest BCUT2D eigenvalue weighted by Gasteiger charge is 2.40. The van der Waals surface area contributed by atoms with E-state index in [1.165, 1.54) is 31.0 Å². The molecule has 1 N–H and O–H groups in total. The van der Waals surface area contributed by atoms with E-state index in [4.69, 9.17) is 9.15 Å². The van der Waals surface area contributed by atoms with Crippen LogP contribution in [0.5, 0.6) is 5.75 Å². The number of nitrogens with one attached hydrogen (secondary N) is 1. The second kappa shape index (κ2) is 7.92. The molecule has 1 aromatic heterocycles. The third kappa shape index (κ3) is 4.64. The summed E-state index contributed by atoms with van der Waals surface area (Å²) >= 11 is 1.27. The van der Waals surface area contributed by atoms with E-state index in [0.29, 0.717) is 28.8 Å². The molecule has 0 spiro atoms. The number of rotatable bonds is 7. The summed E-state index contributed by atoms with van der Waals surface area (Å²) in [5, 5.41) is 11.6. The van der Waals surface area contributed by atoms with Gasteiger partial charge in [-0.2, -0.15) is 0 Å². The molecule has 0 unspecified atom stereocenters. The summed E-state index contributed by atoms with van der Waals surface area (Å²) in [6, 6.07) is 6.40. The lowest BCUT2D eigenvalue weighted by Crippen LogP contribution is -2.39.